The van der Waals surface area contributed by atoms with Gasteiger partial charge in [0.25, 0.3) is 0 Å². The van der Waals surface area contributed by atoms with Crippen LogP contribution in [0, 0.1) is 0 Å². The Morgan fingerprint density at radius 1 is 1.11 bits per heavy atom. The van der Waals surface area contributed by atoms with Crippen LogP contribution in [-0.2, 0) is 14.2 Å². The first kappa shape index (κ1) is 15.9. The Labute approximate surface area is 114 Å². The number of para-hydroxylation sites is 1. The van der Waals surface area contributed by atoms with Gasteiger partial charge in [-0.25, -0.2) is 0 Å². The van der Waals surface area contributed by atoms with Crippen molar-refractivity contribution in [2.24, 2.45) is 0 Å². The third-order valence-corrected chi connectivity index (χ3v) is 2.64. The van der Waals surface area contributed by atoms with Crippen LogP contribution in [0.15, 0.2) is 24.3 Å². The summed E-state index contributed by atoms with van der Waals surface area (Å²) in [7, 11) is 1.67. The number of aliphatic hydroxyl groups is 1. The van der Waals surface area contributed by atoms with Crippen LogP contribution in [0.2, 0.25) is 0 Å². The van der Waals surface area contributed by atoms with Gasteiger partial charge in [0.05, 0.1) is 19.8 Å². The number of hydrogen-bond donors (Lipinski definition) is 2. The van der Waals surface area contributed by atoms with E-state index in [4.69, 9.17) is 19.9 Å². The molecule has 0 aliphatic heterocycles. The summed E-state index contributed by atoms with van der Waals surface area (Å²) in [5, 5.41) is 9.91. The Kier molecular flexibility index (Phi) is 8.16. The lowest BCUT2D eigenvalue weighted by atomic mass is 10.1. The summed E-state index contributed by atoms with van der Waals surface area (Å²) < 4.78 is 15.6. The van der Waals surface area contributed by atoms with Gasteiger partial charge in [0, 0.05) is 31.6 Å². The third-order valence-electron chi connectivity index (χ3n) is 2.64. The van der Waals surface area contributed by atoms with Crippen LogP contribution < -0.4 is 5.73 Å². The second-order valence-electron chi connectivity index (χ2n) is 4.18. The van der Waals surface area contributed by atoms with Crippen molar-refractivity contribution in [2.45, 2.75) is 12.5 Å². The maximum Gasteiger partial charge on any atom is 0.104 e. The van der Waals surface area contributed by atoms with Crippen molar-refractivity contribution in [1.29, 1.82) is 0 Å². The number of hydrogen-bond acceptors (Lipinski definition) is 5. The molecule has 108 valence electrons. The molecule has 0 heterocycles. The number of nitrogen functional groups attached to an aromatic ring is 1. The molecule has 3 N–H and O–H groups in total. The van der Waals surface area contributed by atoms with E-state index in [0.717, 1.165) is 6.42 Å². The molecule has 0 aromatic heterocycles. The summed E-state index contributed by atoms with van der Waals surface area (Å²) in [5.41, 5.74) is 7.04. The summed E-state index contributed by atoms with van der Waals surface area (Å²) in [4.78, 5) is 0. The SMILES string of the molecule is COCCCOCCOCC(O)c1ccccc1N. The maximum absolute atomic E-state index is 9.91. The molecule has 0 saturated heterocycles. The number of methoxy groups -OCH3 is 1. The maximum atomic E-state index is 9.91. The summed E-state index contributed by atoms with van der Waals surface area (Å²) >= 11 is 0. The summed E-state index contributed by atoms with van der Waals surface area (Å²) in [6.07, 6.45) is 0.175. The minimum absolute atomic E-state index is 0.218. The standard InChI is InChI=1S/C14H23NO4/c1-17-7-4-8-18-9-10-19-11-14(16)12-5-2-3-6-13(12)15/h2-3,5-6,14,16H,4,7-11,15H2,1H3. The van der Waals surface area contributed by atoms with Crippen LogP contribution in [0.25, 0.3) is 0 Å². The topological polar surface area (TPSA) is 73.9 Å². The Morgan fingerprint density at radius 2 is 1.84 bits per heavy atom. The molecule has 1 aromatic rings. The number of aliphatic hydroxyl groups excluding tert-OH is 1. The number of rotatable bonds is 10. The zero-order chi connectivity index (χ0) is 13.9. The van der Waals surface area contributed by atoms with E-state index in [1.807, 2.05) is 12.1 Å². The Hall–Kier alpha value is -1.14. The second kappa shape index (κ2) is 9.75. The van der Waals surface area contributed by atoms with Gasteiger partial charge in [-0.15, -0.1) is 0 Å². The average molecular weight is 269 g/mol. The molecular formula is C14H23NO4. The largest absolute Gasteiger partial charge is 0.398 e. The number of anilines is 1. The van der Waals surface area contributed by atoms with E-state index in [1.165, 1.54) is 0 Å². The molecule has 5 heteroatoms. The normalized spacial score (nSPS) is 12.5. The van der Waals surface area contributed by atoms with Gasteiger partial charge in [0.15, 0.2) is 0 Å². The molecule has 1 unspecified atom stereocenters. The average Bonchev–Trinajstić information content (AvgIpc) is 2.42. The van der Waals surface area contributed by atoms with Crippen molar-refractivity contribution in [3.63, 3.8) is 0 Å². The van der Waals surface area contributed by atoms with Crippen LogP contribution in [-0.4, -0.2) is 45.3 Å². The molecule has 0 saturated carbocycles. The van der Waals surface area contributed by atoms with Gasteiger partial charge < -0.3 is 25.1 Å². The van der Waals surface area contributed by atoms with Crippen molar-refractivity contribution < 1.29 is 19.3 Å². The Morgan fingerprint density at radius 3 is 2.58 bits per heavy atom. The van der Waals surface area contributed by atoms with Gasteiger partial charge in [-0.2, -0.15) is 0 Å². The monoisotopic (exact) mass is 269 g/mol. The molecule has 0 radical (unpaired) electrons. The molecular weight excluding hydrogens is 246 g/mol. The lowest BCUT2D eigenvalue weighted by molar-refractivity contribution is 0.000707. The quantitative estimate of drug-likeness (QED) is 0.496. The molecule has 19 heavy (non-hydrogen) atoms. The third kappa shape index (κ3) is 6.54. The van der Waals surface area contributed by atoms with Crippen molar-refractivity contribution >= 4 is 5.69 Å². The van der Waals surface area contributed by atoms with E-state index in [-0.39, 0.29) is 6.61 Å². The van der Waals surface area contributed by atoms with E-state index in [0.29, 0.717) is 37.7 Å². The molecule has 0 aliphatic rings. The van der Waals surface area contributed by atoms with Gasteiger partial charge in [0.2, 0.25) is 0 Å². The van der Waals surface area contributed by atoms with E-state index < -0.39 is 6.10 Å². The van der Waals surface area contributed by atoms with E-state index in [9.17, 15) is 5.11 Å². The Bertz CT molecular complexity index is 346. The van der Waals surface area contributed by atoms with Crippen molar-refractivity contribution in [3.05, 3.63) is 29.8 Å². The molecule has 1 rings (SSSR count). The van der Waals surface area contributed by atoms with Gasteiger partial charge in [-0.3, -0.25) is 0 Å². The van der Waals surface area contributed by atoms with Crippen molar-refractivity contribution in [3.8, 4) is 0 Å². The fraction of sp³-hybridized carbons (Fsp3) is 0.571. The highest BCUT2D eigenvalue weighted by atomic mass is 16.5. The fourth-order valence-corrected chi connectivity index (χ4v) is 1.62. The highest BCUT2D eigenvalue weighted by molar-refractivity contribution is 5.47. The second-order valence-corrected chi connectivity index (χ2v) is 4.18. The molecule has 1 atom stereocenters. The minimum atomic E-state index is -0.699. The molecule has 0 spiro atoms. The zero-order valence-electron chi connectivity index (χ0n) is 11.4. The lowest BCUT2D eigenvalue weighted by Crippen LogP contribution is -2.13. The van der Waals surface area contributed by atoms with E-state index in [2.05, 4.69) is 0 Å². The van der Waals surface area contributed by atoms with Crippen LogP contribution >= 0.6 is 0 Å². The van der Waals surface area contributed by atoms with E-state index >= 15 is 0 Å². The lowest BCUT2D eigenvalue weighted by Gasteiger charge is -2.13. The fourth-order valence-electron chi connectivity index (χ4n) is 1.62. The number of nitrogens with two attached hydrogens (primary N) is 1. The van der Waals surface area contributed by atoms with Crippen LogP contribution in [0.1, 0.15) is 18.1 Å². The molecule has 0 amide bonds. The first-order valence-corrected chi connectivity index (χ1v) is 6.42. The predicted octanol–water partition coefficient (Wildman–Crippen LogP) is 1.37. The summed E-state index contributed by atoms with van der Waals surface area (Å²) in [5.74, 6) is 0. The van der Waals surface area contributed by atoms with Crippen LogP contribution in [0.3, 0.4) is 0 Å². The number of benzene rings is 1. The first-order chi connectivity index (χ1) is 9.25. The molecule has 0 bridgehead atoms. The zero-order valence-corrected chi connectivity index (χ0v) is 11.4. The van der Waals surface area contributed by atoms with Crippen molar-refractivity contribution in [1.82, 2.24) is 0 Å². The summed E-state index contributed by atoms with van der Waals surface area (Å²) in [6.45, 7) is 2.55. The highest BCUT2D eigenvalue weighted by Gasteiger charge is 2.10. The Balaban J connectivity index is 2.08. The van der Waals surface area contributed by atoms with Gasteiger partial charge in [-0.05, 0) is 12.5 Å². The highest BCUT2D eigenvalue weighted by Crippen LogP contribution is 2.19. The van der Waals surface area contributed by atoms with Gasteiger partial charge >= 0.3 is 0 Å². The predicted molar refractivity (Wildman–Crippen MR) is 73.9 cm³/mol. The molecule has 5 nitrogen and oxygen atoms in total. The molecule has 0 aliphatic carbocycles. The molecule has 1 aromatic carbocycles. The summed E-state index contributed by atoms with van der Waals surface area (Å²) in [6, 6.07) is 7.23. The van der Waals surface area contributed by atoms with Crippen LogP contribution in [0.4, 0.5) is 5.69 Å². The smallest absolute Gasteiger partial charge is 0.104 e. The van der Waals surface area contributed by atoms with Gasteiger partial charge in [-0.1, -0.05) is 18.2 Å². The van der Waals surface area contributed by atoms with Gasteiger partial charge in [0.1, 0.15) is 6.10 Å². The minimum Gasteiger partial charge on any atom is -0.398 e. The van der Waals surface area contributed by atoms with Crippen molar-refractivity contribution in [2.75, 3.05) is 45.9 Å². The van der Waals surface area contributed by atoms with E-state index in [1.54, 1.807) is 19.2 Å². The first-order valence-electron chi connectivity index (χ1n) is 6.42. The number of ether oxygens (including phenoxy) is 3. The van der Waals surface area contributed by atoms with Crippen LogP contribution in [0.5, 0.6) is 0 Å². The molecule has 0 fully saturated rings.